The van der Waals surface area contributed by atoms with Crippen LogP contribution in [0.4, 0.5) is 0 Å². The van der Waals surface area contributed by atoms with Gasteiger partial charge in [0.1, 0.15) is 0 Å². The molecule has 0 amide bonds. The predicted octanol–water partition coefficient (Wildman–Crippen LogP) is 5.69. The van der Waals surface area contributed by atoms with Crippen molar-refractivity contribution >= 4 is 11.6 Å². The van der Waals surface area contributed by atoms with E-state index in [1.165, 1.54) is 22.3 Å². The lowest BCUT2D eigenvalue weighted by molar-refractivity contribution is 0.556. The zero-order valence-electron chi connectivity index (χ0n) is 12.7. The standard InChI is InChI=1S/C18H26/c1-9-14-11-10-12-15(18(6,7)8)16(14)13(2)17(3,4)5/h9-12H,1-2H2,3-8H3. The second kappa shape index (κ2) is 4.76. The maximum Gasteiger partial charge on any atom is -0.0115 e. The Morgan fingerprint density at radius 2 is 1.61 bits per heavy atom. The number of allylic oxidation sites excluding steroid dienone is 1. The maximum atomic E-state index is 4.33. The molecule has 0 aliphatic carbocycles. The largest absolute Gasteiger partial charge is 0.0984 e. The normalized spacial score (nSPS) is 12.3. The third kappa shape index (κ3) is 2.93. The maximum absolute atomic E-state index is 4.33. The van der Waals surface area contributed by atoms with Crippen LogP contribution in [-0.4, -0.2) is 0 Å². The Balaban J connectivity index is 3.58. The van der Waals surface area contributed by atoms with Crippen LogP contribution in [0.3, 0.4) is 0 Å². The van der Waals surface area contributed by atoms with E-state index in [9.17, 15) is 0 Å². The van der Waals surface area contributed by atoms with Gasteiger partial charge in [0.15, 0.2) is 0 Å². The third-order valence-electron chi connectivity index (χ3n) is 3.33. The molecule has 0 aromatic heterocycles. The molecule has 0 radical (unpaired) electrons. The van der Waals surface area contributed by atoms with Crippen molar-refractivity contribution in [3.05, 3.63) is 48.0 Å². The highest BCUT2D eigenvalue weighted by atomic mass is 14.3. The van der Waals surface area contributed by atoms with Crippen molar-refractivity contribution in [3.8, 4) is 0 Å². The van der Waals surface area contributed by atoms with Crippen LogP contribution in [0.2, 0.25) is 0 Å². The van der Waals surface area contributed by atoms with E-state index in [4.69, 9.17) is 0 Å². The summed E-state index contributed by atoms with van der Waals surface area (Å²) in [4.78, 5) is 0. The molecule has 0 saturated heterocycles. The first-order valence-corrected chi connectivity index (χ1v) is 6.54. The van der Waals surface area contributed by atoms with E-state index in [2.05, 4.69) is 72.9 Å². The molecule has 1 aromatic rings. The first-order valence-electron chi connectivity index (χ1n) is 6.54. The molecule has 0 heteroatoms. The van der Waals surface area contributed by atoms with Gasteiger partial charge in [0.05, 0.1) is 0 Å². The summed E-state index contributed by atoms with van der Waals surface area (Å²) >= 11 is 0. The molecule has 0 N–H and O–H groups in total. The summed E-state index contributed by atoms with van der Waals surface area (Å²) in [6.07, 6.45) is 1.93. The fraction of sp³-hybridized carbons (Fsp3) is 0.444. The highest BCUT2D eigenvalue weighted by molar-refractivity contribution is 5.78. The zero-order valence-corrected chi connectivity index (χ0v) is 12.7. The molecule has 0 aliphatic heterocycles. The first kappa shape index (κ1) is 14.8. The predicted molar refractivity (Wildman–Crippen MR) is 83.7 cm³/mol. The minimum atomic E-state index is 0.0686. The van der Waals surface area contributed by atoms with E-state index in [1.807, 2.05) is 6.08 Å². The van der Waals surface area contributed by atoms with Crippen LogP contribution >= 0.6 is 0 Å². The van der Waals surface area contributed by atoms with Crippen molar-refractivity contribution in [1.29, 1.82) is 0 Å². The summed E-state index contributed by atoms with van der Waals surface area (Å²) in [5.74, 6) is 0. The summed E-state index contributed by atoms with van der Waals surface area (Å²) in [6, 6.07) is 6.44. The Labute approximate surface area is 112 Å². The van der Waals surface area contributed by atoms with Crippen molar-refractivity contribution < 1.29 is 0 Å². The van der Waals surface area contributed by atoms with Crippen LogP contribution in [-0.2, 0) is 5.41 Å². The molecule has 0 heterocycles. The lowest BCUT2D eigenvalue weighted by Gasteiger charge is -2.30. The van der Waals surface area contributed by atoms with Gasteiger partial charge in [-0.05, 0) is 33.1 Å². The molecule has 0 fully saturated rings. The zero-order chi connectivity index (χ0) is 14.1. The molecule has 0 atom stereocenters. The molecular formula is C18H26. The Morgan fingerprint density at radius 3 is 2.00 bits per heavy atom. The molecule has 0 aliphatic rings. The second-order valence-corrected chi connectivity index (χ2v) is 6.95. The van der Waals surface area contributed by atoms with Crippen LogP contribution in [0.5, 0.6) is 0 Å². The van der Waals surface area contributed by atoms with Crippen molar-refractivity contribution in [2.24, 2.45) is 5.41 Å². The van der Waals surface area contributed by atoms with Crippen molar-refractivity contribution in [2.75, 3.05) is 0 Å². The summed E-state index contributed by atoms with van der Waals surface area (Å²) in [5, 5.41) is 0. The molecule has 0 nitrogen and oxygen atoms in total. The molecule has 0 spiro atoms. The van der Waals surface area contributed by atoms with Crippen molar-refractivity contribution in [2.45, 2.75) is 47.0 Å². The van der Waals surface area contributed by atoms with Gasteiger partial charge in [0, 0.05) is 0 Å². The lowest BCUT2D eigenvalue weighted by Crippen LogP contribution is -2.18. The van der Waals surface area contributed by atoms with Crippen LogP contribution in [0.15, 0.2) is 31.4 Å². The smallest absolute Gasteiger partial charge is 0.0115 e. The molecule has 1 aromatic carbocycles. The van der Waals surface area contributed by atoms with E-state index < -0.39 is 0 Å². The van der Waals surface area contributed by atoms with Crippen LogP contribution < -0.4 is 0 Å². The molecule has 98 valence electrons. The quantitative estimate of drug-likeness (QED) is 0.625. The number of rotatable bonds is 2. The third-order valence-corrected chi connectivity index (χ3v) is 3.33. The lowest BCUT2D eigenvalue weighted by atomic mass is 9.74. The molecule has 0 saturated carbocycles. The van der Waals surface area contributed by atoms with Gasteiger partial charge in [-0.25, -0.2) is 0 Å². The average molecular weight is 242 g/mol. The SMILES string of the molecule is C=Cc1cccc(C(C)(C)C)c1C(=C)C(C)(C)C. The molecule has 1 rings (SSSR count). The fourth-order valence-corrected chi connectivity index (χ4v) is 2.08. The van der Waals surface area contributed by atoms with Crippen LogP contribution in [0, 0.1) is 5.41 Å². The van der Waals surface area contributed by atoms with E-state index in [0.29, 0.717) is 0 Å². The van der Waals surface area contributed by atoms with Crippen LogP contribution in [0.25, 0.3) is 11.6 Å². The molecular weight excluding hydrogens is 216 g/mol. The van der Waals surface area contributed by atoms with E-state index in [1.54, 1.807) is 0 Å². The van der Waals surface area contributed by atoms with E-state index >= 15 is 0 Å². The fourth-order valence-electron chi connectivity index (χ4n) is 2.08. The number of benzene rings is 1. The highest BCUT2D eigenvalue weighted by Crippen LogP contribution is 2.40. The minimum Gasteiger partial charge on any atom is -0.0984 e. The Kier molecular flexibility index (Phi) is 3.90. The highest BCUT2D eigenvalue weighted by Gasteiger charge is 2.25. The average Bonchev–Trinajstić information content (AvgIpc) is 2.24. The van der Waals surface area contributed by atoms with Gasteiger partial charge < -0.3 is 0 Å². The Morgan fingerprint density at radius 1 is 1.06 bits per heavy atom. The second-order valence-electron chi connectivity index (χ2n) is 6.95. The van der Waals surface area contributed by atoms with Gasteiger partial charge >= 0.3 is 0 Å². The van der Waals surface area contributed by atoms with Gasteiger partial charge in [-0.1, -0.05) is 79.0 Å². The van der Waals surface area contributed by atoms with Crippen molar-refractivity contribution in [1.82, 2.24) is 0 Å². The summed E-state index contributed by atoms with van der Waals surface area (Å²) in [7, 11) is 0. The van der Waals surface area contributed by atoms with Crippen LogP contribution in [0.1, 0.15) is 58.2 Å². The number of hydrogen-bond acceptors (Lipinski definition) is 0. The van der Waals surface area contributed by atoms with Gasteiger partial charge in [-0.3, -0.25) is 0 Å². The minimum absolute atomic E-state index is 0.0686. The summed E-state index contributed by atoms with van der Waals surface area (Å²) < 4.78 is 0. The number of hydrogen-bond donors (Lipinski definition) is 0. The van der Waals surface area contributed by atoms with Gasteiger partial charge in [-0.15, -0.1) is 0 Å². The van der Waals surface area contributed by atoms with Gasteiger partial charge in [0.25, 0.3) is 0 Å². The summed E-state index contributed by atoms with van der Waals surface area (Å²) in [6.45, 7) is 21.6. The molecule has 0 unspecified atom stereocenters. The van der Waals surface area contributed by atoms with Gasteiger partial charge in [-0.2, -0.15) is 0 Å². The van der Waals surface area contributed by atoms with E-state index in [-0.39, 0.29) is 10.8 Å². The Hall–Kier alpha value is -1.30. The monoisotopic (exact) mass is 242 g/mol. The molecule has 0 bridgehead atoms. The van der Waals surface area contributed by atoms with Crippen molar-refractivity contribution in [3.63, 3.8) is 0 Å². The van der Waals surface area contributed by atoms with E-state index in [0.717, 1.165) is 0 Å². The molecule has 18 heavy (non-hydrogen) atoms. The Bertz CT molecular complexity index is 462. The van der Waals surface area contributed by atoms with Gasteiger partial charge in [0.2, 0.25) is 0 Å². The first-order chi connectivity index (χ1) is 8.09. The summed E-state index contributed by atoms with van der Waals surface area (Å²) in [5.41, 5.74) is 5.17. The topological polar surface area (TPSA) is 0 Å².